The Morgan fingerprint density at radius 1 is 1.38 bits per heavy atom. The Labute approximate surface area is 144 Å². The molecule has 0 aliphatic carbocycles. The van der Waals surface area contributed by atoms with Crippen LogP contribution in [0.4, 0.5) is 15.0 Å². The average molecular weight is 349 g/mol. The van der Waals surface area contributed by atoms with E-state index in [9.17, 15) is 9.18 Å². The third-order valence-corrected chi connectivity index (χ3v) is 4.97. The molecule has 1 saturated heterocycles. The highest BCUT2D eigenvalue weighted by Crippen LogP contribution is 2.17. The van der Waals surface area contributed by atoms with Crippen LogP contribution < -0.4 is 10.2 Å². The Balaban J connectivity index is 1.49. The van der Waals surface area contributed by atoms with Crippen molar-refractivity contribution in [3.8, 4) is 0 Å². The number of carbonyl (C=O) groups is 1. The average Bonchev–Trinajstić information content (AvgIpc) is 3.08. The molecule has 0 unspecified atom stereocenters. The van der Waals surface area contributed by atoms with Crippen LogP contribution in [0.1, 0.15) is 17.6 Å². The SMILES string of the molecule is CCc1nc(CNC(=O)N2CCN(c3ncccc3F)CC2)cs1. The van der Waals surface area contributed by atoms with Gasteiger partial charge in [0.1, 0.15) is 0 Å². The van der Waals surface area contributed by atoms with Crippen molar-refractivity contribution in [1.82, 2.24) is 20.2 Å². The number of nitrogens with one attached hydrogen (secondary N) is 1. The Morgan fingerprint density at radius 3 is 2.83 bits per heavy atom. The second kappa shape index (κ2) is 7.57. The van der Waals surface area contributed by atoms with Crippen molar-refractivity contribution in [2.75, 3.05) is 31.1 Å². The third kappa shape index (κ3) is 3.81. The highest BCUT2D eigenvalue weighted by Gasteiger charge is 2.23. The number of piperazine rings is 1. The zero-order chi connectivity index (χ0) is 16.9. The van der Waals surface area contributed by atoms with E-state index in [1.54, 1.807) is 28.5 Å². The van der Waals surface area contributed by atoms with Crippen molar-refractivity contribution in [2.24, 2.45) is 0 Å². The van der Waals surface area contributed by atoms with Gasteiger partial charge in [-0.15, -0.1) is 11.3 Å². The molecule has 24 heavy (non-hydrogen) atoms. The fourth-order valence-corrected chi connectivity index (χ4v) is 3.35. The van der Waals surface area contributed by atoms with Crippen molar-refractivity contribution >= 4 is 23.2 Å². The summed E-state index contributed by atoms with van der Waals surface area (Å²) in [6.45, 7) is 4.71. The fraction of sp³-hybridized carbons (Fsp3) is 0.438. The number of urea groups is 1. The van der Waals surface area contributed by atoms with Gasteiger partial charge in [0.25, 0.3) is 0 Å². The van der Waals surface area contributed by atoms with Gasteiger partial charge in [-0.1, -0.05) is 6.92 Å². The number of aryl methyl sites for hydroxylation is 1. The standard InChI is InChI=1S/C16H20FN5OS/c1-2-14-20-12(11-24-14)10-19-16(23)22-8-6-21(7-9-22)15-13(17)4-3-5-18-15/h3-5,11H,2,6-10H2,1H3,(H,19,23). The van der Waals surface area contributed by atoms with Crippen LogP contribution >= 0.6 is 11.3 Å². The number of carbonyl (C=O) groups excluding carboxylic acids is 1. The molecule has 1 fully saturated rings. The van der Waals surface area contributed by atoms with E-state index < -0.39 is 0 Å². The van der Waals surface area contributed by atoms with Crippen molar-refractivity contribution in [2.45, 2.75) is 19.9 Å². The second-order valence-electron chi connectivity index (χ2n) is 5.53. The molecule has 0 spiro atoms. The summed E-state index contributed by atoms with van der Waals surface area (Å²) in [5.74, 6) is 0.0257. The first kappa shape index (κ1) is 16.6. The van der Waals surface area contributed by atoms with E-state index in [0.717, 1.165) is 17.1 Å². The van der Waals surface area contributed by atoms with E-state index in [1.807, 2.05) is 10.3 Å². The van der Waals surface area contributed by atoms with Crippen LogP contribution in [-0.4, -0.2) is 47.1 Å². The summed E-state index contributed by atoms with van der Waals surface area (Å²) >= 11 is 1.61. The first-order valence-electron chi connectivity index (χ1n) is 7.99. The Kier molecular flexibility index (Phi) is 5.24. The quantitative estimate of drug-likeness (QED) is 0.920. The highest BCUT2D eigenvalue weighted by atomic mass is 32.1. The number of anilines is 1. The van der Waals surface area contributed by atoms with Crippen molar-refractivity contribution < 1.29 is 9.18 Å². The maximum Gasteiger partial charge on any atom is 0.317 e. The normalized spacial score (nSPS) is 14.8. The van der Waals surface area contributed by atoms with Gasteiger partial charge in [0.2, 0.25) is 0 Å². The molecule has 2 amide bonds. The van der Waals surface area contributed by atoms with Crippen LogP contribution in [0, 0.1) is 5.82 Å². The molecule has 0 saturated carbocycles. The van der Waals surface area contributed by atoms with Gasteiger partial charge in [-0.3, -0.25) is 0 Å². The fourth-order valence-electron chi connectivity index (χ4n) is 2.60. The predicted octanol–water partition coefficient (Wildman–Crippen LogP) is 2.27. The van der Waals surface area contributed by atoms with E-state index in [-0.39, 0.29) is 11.8 Å². The lowest BCUT2D eigenvalue weighted by molar-refractivity contribution is 0.193. The van der Waals surface area contributed by atoms with Crippen molar-refractivity contribution in [3.63, 3.8) is 0 Å². The number of hydrogen-bond acceptors (Lipinski definition) is 5. The van der Waals surface area contributed by atoms with Gasteiger partial charge < -0.3 is 15.1 Å². The zero-order valence-electron chi connectivity index (χ0n) is 13.5. The number of rotatable bonds is 4. The molecule has 3 rings (SSSR count). The maximum atomic E-state index is 13.8. The number of halogens is 1. The monoisotopic (exact) mass is 349 g/mol. The highest BCUT2D eigenvalue weighted by molar-refractivity contribution is 7.09. The molecule has 3 heterocycles. The van der Waals surface area contributed by atoms with Crippen molar-refractivity contribution in [3.05, 3.63) is 40.2 Å². The predicted molar refractivity (Wildman–Crippen MR) is 91.7 cm³/mol. The molecule has 8 heteroatoms. The zero-order valence-corrected chi connectivity index (χ0v) is 14.4. The van der Waals surface area contributed by atoms with Gasteiger partial charge in [0.05, 0.1) is 17.2 Å². The summed E-state index contributed by atoms with van der Waals surface area (Å²) in [4.78, 5) is 24.4. The lowest BCUT2D eigenvalue weighted by Gasteiger charge is -2.35. The molecular formula is C16H20FN5OS. The number of nitrogens with zero attached hydrogens (tertiary/aromatic N) is 4. The molecule has 1 N–H and O–H groups in total. The Hall–Kier alpha value is -2.22. The molecule has 128 valence electrons. The molecule has 2 aromatic heterocycles. The lowest BCUT2D eigenvalue weighted by Crippen LogP contribution is -2.52. The van der Waals surface area contributed by atoms with Gasteiger partial charge >= 0.3 is 6.03 Å². The van der Waals surface area contributed by atoms with E-state index >= 15 is 0 Å². The number of thiazole rings is 1. The van der Waals surface area contributed by atoms with Crippen molar-refractivity contribution in [1.29, 1.82) is 0 Å². The number of pyridine rings is 1. The summed E-state index contributed by atoms with van der Waals surface area (Å²) in [6.07, 6.45) is 2.49. The minimum absolute atomic E-state index is 0.109. The summed E-state index contributed by atoms with van der Waals surface area (Å²) in [5, 5.41) is 5.94. The molecular weight excluding hydrogens is 329 g/mol. The summed E-state index contributed by atoms with van der Waals surface area (Å²) in [6, 6.07) is 2.87. The molecule has 0 atom stereocenters. The summed E-state index contributed by atoms with van der Waals surface area (Å²) in [5.41, 5.74) is 0.888. The number of amides is 2. The maximum absolute atomic E-state index is 13.8. The van der Waals surface area contributed by atoms with E-state index in [0.29, 0.717) is 38.5 Å². The van der Waals surface area contributed by atoms with Crippen LogP contribution in [0.15, 0.2) is 23.7 Å². The van der Waals surface area contributed by atoms with Gasteiger partial charge in [-0.25, -0.2) is 19.2 Å². The molecule has 2 aromatic rings. The summed E-state index contributed by atoms with van der Waals surface area (Å²) in [7, 11) is 0. The van der Waals surface area contributed by atoms with Crippen LogP contribution in [0.3, 0.4) is 0 Å². The van der Waals surface area contributed by atoms with Crippen LogP contribution in [0.2, 0.25) is 0 Å². The largest absolute Gasteiger partial charge is 0.351 e. The minimum atomic E-state index is -0.328. The van der Waals surface area contributed by atoms with Gasteiger partial charge in [0, 0.05) is 37.8 Å². The van der Waals surface area contributed by atoms with Gasteiger partial charge in [0.15, 0.2) is 11.6 Å². The first-order valence-corrected chi connectivity index (χ1v) is 8.87. The van der Waals surface area contributed by atoms with Crippen LogP contribution in [0.25, 0.3) is 0 Å². The van der Waals surface area contributed by atoms with Gasteiger partial charge in [-0.05, 0) is 18.6 Å². The summed E-state index contributed by atoms with van der Waals surface area (Å²) < 4.78 is 13.8. The minimum Gasteiger partial charge on any atom is -0.351 e. The smallest absolute Gasteiger partial charge is 0.317 e. The van der Waals surface area contributed by atoms with Gasteiger partial charge in [-0.2, -0.15) is 0 Å². The molecule has 0 aromatic carbocycles. The number of hydrogen-bond donors (Lipinski definition) is 1. The third-order valence-electron chi connectivity index (χ3n) is 3.93. The number of aromatic nitrogens is 2. The van der Waals surface area contributed by atoms with Crippen LogP contribution in [0.5, 0.6) is 0 Å². The lowest BCUT2D eigenvalue weighted by atomic mass is 10.3. The van der Waals surface area contributed by atoms with E-state index in [4.69, 9.17) is 0 Å². The molecule has 0 bridgehead atoms. The second-order valence-corrected chi connectivity index (χ2v) is 6.47. The van der Waals surface area contributed by atoms with E-state index in [1.165, 1.54) is 6.07 Å². The molecule has 6 nitrogen and oxygen atoms in total. The van der Waals surface area contributed by atoms with Crippen LogP contribution in [-0.2, 0) is 13.0 Å². The molecule has 1 aliphatic rings. The molecule has 0 radical (unpaired) electrons. The Morgan fingerprint density at radius 2 is 2.17 bits per heavy atom. The van der Waals surface area contributed by atoms with E-state index in [2.05, 4.69) is 22.2 Å². The first-order chi connectivity index (χ1) is 11.7. The topological polar surface area (TPSA) is 61.4 Å². The molecule has 1 aliphatic heterocycles. The Bertz CT molecular complexity index is 699.